The Morgan fingerprint density at radius 3 is 2.65 bits per heavy atom. The summed E-state index contributed by atoms with van der Waals surface area (Å²) in [4.78, 5) is 4.01. The first-order valence-corrected chi connectivity index (χ1v) is 8.46. The quantitative estimate of drug-likeness (QED) is 0.841. The van der Waals surface area contributed by atoms with Gasteiger partial charge in [-0.25, -0.2) is 8.78 Å². The first-order valence-electron chi connectivity index (χ1n) is 7.41. The first-order chi connectivity index (χ1) is 9.31. The molecular weight excluding hydrogens is 282 g/mol. The van der Waals surface area contributed by atoms with E-state index < -0.39 is 12.0 Å². The molecule has 2 saturated heterocycles. The summed E-state index contributed by atoms with van der Waals surface area (Å²) in [6, 6.07) is 0.0874. The van der Waals surface area contributed by atoms with Gasteiger partial charge in [0.1, 0.15) is 6.10 Å². The highest BCUT2D eigenvalue weighted by molar-refractivity contribution is 7.99. The molecule has 6 heteroatoms. The minimum Gasteiger partial charge on any atom is -0.386 e. The fourth-order valence-corrected chi connectivity index (χ4v) is 4.55. The SMILES string of the molecule is CC(C)N1CC(C2CN(C)CCCS2)C(O)C(F)(F)C1. The molecule has 0 spiro atoms. The van der Waals surface area contributed by atoms with Crippen LogP contribution in [0.4, 0.5) is 8.78 Å². The largest absolute Gasteiger partial charge is 0.386 e. The summed E-state index contributed by atoms with van der Waals surface area (Å²) in [7, 11) is 2.03. The van der Waals surface area contributed by atoms with Crippen LogP contribution in [-0.4, -0.2) is 77.2 Å². The first kappa shape index (κ1) is 16.5. The summed E-state index contributed by atoms with van der Waals surface area (Å²) in [5.41, 5.74) is 0. The van der Waals surface area contributed by atoms with Gasteiger partial charge in [-0.3, -0.25) is 4.90 Å². The molecule has 1 N–H and O–H groups in total. The van der Waals surface area contributed by atoms with E-state index in [1.165, 1.54) is 0 Å². The van der Waals surface area contributed by atoms with E-state index in [1.54, 1.807) is 11.8 Å². The van der Waals surface area contributed by atoms with E-state index in [0.717, 1.165) is 25.3 Å². The lowest BCUT2D eigenvalue weighted by Crippen LogP contribution is -2.61. The van der Waals surface area contributed by atoms with Gasteiger partial charge >= 0.3 is 0 Å². The van der Waals surface area contributed by atoms with Crippen LogP contribution in [0.15, 0.2) is 0 Å². The predicted octanol–water partition coefficient (Wildman–Crippen LogP) is 1.76. The van der Waals surface area contributed by atoms with E-state index in [0.29, 0.717) is 6.54 Å². The Labute approximate surface area is 124 Å². The number of aliphatic hydroxyl groups excluding tert-OH is 1. The molecule has 118 valence electrons. The van der Waals surface area contributed by atoms with Crippen molar-refractivity contribution >= 4 is 11.8 Å². The maximum absolute atomic E-state index is 14.1. The van der Waals surface area contributed by atoms with Crippen molar-refractivity contribution in [1.82, 2.24) is 9.80 Å². The number of aliphatic hydroxyl groups is 1. The molecule has 0 aliphatic carbocycles. The van der Waals surface area contributed by atoms with E-state index in [4.69, 9.17) is 0 Å². The van der Waals surface area contributed by atoms with Crippen LogP contribution in [0, 0.1) is 5.92 Å². The molecule has 2 aliphatic heterocycles. The van der Waals surface area contributed by atoms with Crippen LogP contribution >= 0.6 is 11.8 Å². The van der Waals surface area contributed by atoms with Gasteiger partial charge in [-0.15, -0.1) is 0 Å². The van der Waals surface area contributed by atoms with Crippen molar-refractivity contribution in [1.29, 1.82) is 0 Å². The van der Waals surface area contributed by atoms with Crippen LogP contribution < -0.4 is 0 Å². The third-order valence-corrected chi connectivity index (χ3v) is 5.86. The summed E-state index contributed by atoms with van der Waals surface area (Å²) in [6.07, 6.45) is -0.424. The third kappa shape index (κ3) is 3.64. The van der Waals surface area contributed by atoms with Crippen molar-refractivity contribution in [3.8, 4) is 0 Å². The molecule has 2 heterocycles. The maximum atomic E-state index is 14.1. The molecule has 3 unspecified atom stereocenters. The fourth-order valence-electron chi connectivity index (χ4n) is 3.11. The topological polar surface area (TPSA) is 26.7 Å². The van der Waals surface area contributed by atoms with Crippen molar-refractivity contribution in [3.05, 3.63) is 0 Å². The molecule has 2 aliphatic rings. The van der Waals surface area contributed by atoms with Crippen LogP contribution in [0.5, 0.6) is 0 Å². The smallest absolute Gasteiger partial charge is 0.286 e. The highest BCUT2D eigenvalue weighted by Gasteiger charge is 2.51. The molecule has 0 radical (unpaired) electrons. The van der Waals surface area contributed by atoms with Gasteiger partial charge in [0.05, 0.1) is 6.54 Å². The minimum atomic E-state index is -3.00. The van der Waals surface area contributed by atoms with Crippen LogP contribution in [0.1, 0.15) is 20.3 Å². The number of rotatable bonds is 2. The molecule has 0 aromatic carbocycles. The average Bonchev–Trinajstić information content (AvgIpc) is 2.56. The molecule has 0 aromatic heterocycles. The van der Waals surface area contributed by atoms with E-state index >= 15 is 0 Å². The van der Waals surface area contributed by atoms with Crippen molar-refractivity contribution < 1.29 is 13.9 Å². The van der Waals surface area contributed by atoms with E-state index in [-0.39, 0.29) is 23.8 Å². The molecule has 0 aromatic rings. The molecule has 3 nitrogen and oxygen atoms in total. The Morgan fingerprint density at radius 1 is 1.30 bits per heavy atom. The lowest BCUT2D eigenvalue weighted by atomic mass is 9.87. The number of piperidine rings is 1. The van der Waals surface area contributed by atoms with Crippen molar-refractivity contribution in [2.24, 2.45) is 5.92 Å². The zero-order valence-corrected chi connectivity index (χ0v) is 13.4. The van der Waals surface area contributed by atoms with Crippen LogP contribution in [0.3, 0.4) is 0 Å². The predicted molar refractivity (Wildman–Crippen MR) is 79.5 cm³/mol. The second-order valence-electron chi connectivity index (χ2n) is 6.42. The Morgan fingerprint density at radius 2 is 2.00 bits per heavy atom. The number of thioether (sulfide) groups is 1. The summed E-state index contributed by atoms with van der Waals surface area (Å²) < 4.78 is 28.2. The van der Waals surface area contributed by atoms with Crippen molar-refractivity contribution in [2.75, 3.05) is 39.0 Å². The molecule has 3 atom stereocenters. The summed E-state index contributed by atoms with van der Waals surface area (Å²) in [5.74, 6) is -2.36. The monoisotopic (exact) mass is 308 g/mol. The number of alkyl halides is 2. The van der Waals surface area contributed by atoms with Crippen molar-refractivity contribution in [3.63, 3.8) is 0 Å². The molecular formula is C14H26F2N2OS. The lowest BCUT2D eigenvalue weighted by Gasteiger charge is -2.45. The van der Waals surface area contributed by atoms with E-state index in [9.17, 15) is 13.9 Å². The molecule has 2 rings (SSSR count). The van der Waals surface area contributed by atoms with E-state index in [1.807, 2.05) is 25.8 Å². The Hall–Kier alpha value is 0.0900. The van der Waals surface area contributed by atoms with E-state index in [2.05, 4.69) is 4.90 Å². The number of hydrogen-bond acceptors (Lipinski definition) is 4. The maximum Gasteiger partial charge on any atom is 0.286 e. The number of halogens is 2. The summed E-state index contributed by atoms with van der Waals surface area (Å²) in [5, 5.41) is 10.2. The standard InChI is InChI=1S/C14H26F2N2OS/c1-10(2)18-7-11(13(19)14(15,16)9-18)12-8-17(3)5-4-6-20-12/h10-13,19H,4-9H2,1-3H3. The summed E-state index contributed by atoms with van der Waals surface area (Å²) in [6.45, 7) is 5.93. The summed E-state index contributed by atoms with van der Waals surface area (Å²) >= 11 is 1.75. The second-order valence-corrected chi connectivity index (χ2v) is 7.77. The highest BCUT2D eigenvalue weighted by atomic mass is 32.2. The highest BCUT2D eigenvalue weighted by Crippen LogP contribution is 2.38. The fraction of sp³-hybridized carbons (Fsp3) is 1.00. The minimum absolute atomic E-state index is 0.0874. The molecule has 20 heavy (non-hydrogen) atoms. The van der Waals surface area contributed by atoms with Gasteiger partial charge in [-0.1, -0.05) is 0 Å². The van der Waals surface area contributed by atoms with Gasteiger partial charge in [0.2, 0.25) is 0 Å². The van der Waals surface area contributed by atoms with Crippen molar-refractivity contribution in [2.45, 2.75) is 43.6 Å². The Bertz CT molecular complexity index is 330. The van der Waals surface area contributed by atoms with Gasteiger partial charge in [-0.05, 0) is 39.6 Å². The van der Waals surface area contributed by atoms with Gasteiger partial charge in [-0.2, -0.15) is 11.8 Å². The number of nitrogens with zero attached hydrogens (tertiary/aromatic N) is 2. The second kappa shape index (κ2) is 6.46. The number of likely N-dealkylation sites (tertiary alicyclic amines) is 1. The van der Waals surface area contributed by atoms with Crippen LogP contribution in [-0.2, 0) is 0 Å². The van der Waals surface area contributed by atoms with Gasteiger partial charge in [0.25, 0.3) is 5.92 Å². The zero-order valence-electron chi connectivity index (χ0n) is 12.6. The number of hydrogen-bond donors (Lipinski definition) is 1. The Kier molecular flexibility index (Phi) is 5.32. The lowest BCUT2D eigenvalue weighted by molar-refractivity contribution is -0.179. The molecule has 2 fully saturated rings. The third-order valence-electron chi connectivity index (χ3n) is 4.41. The molecule has 0 bridgehead atoms. The normalized spacial score (nSPS) is 37.0. The zero-order chi connectivity index (χ0) is 14.9. The van der Waals surface area contributed by atoms with Gasteiger partial charge < -0.3 is 10.0 Å². The Balaban J connectivity index is 2.14. The molecule has 0 saturated carbocycles. The molecule has 0 amide bonds. The van der Waals surface area contributed by atoms with Gasteiger partial charge in [0.15, 0.2) is 0 Å². The van der Waals surface area contributed by atoms with Crippen LogP contribution in [0.25, 0.3) is 0 Å². The van der Waals surface area contributed by atoms with Gasteiger partial charge in [0, 0.05) is 30.3 Å². The van der Waals surface area contributed by atoms with Crippen LogP contribution in [0.2, 0.25) is 0 Å². The average molecular weight is 308 g/mol.